The molecule has 2 N–H and O–H groups in total. The van der Waals surface area contributed by atoms with E-state index in [0.717, 1.165) is 19.3 Å². The molecule has 1 fully saturated rings. The Morgan fingerprint density at radius 3 is 2.46 bits per heavy atom. The summed E-state index contributed by atoms with van der Waals surface area (Å²) in [5.41, 5.74) is 5.85. The van der Waals surface area contributed by atoms with E-state index in [-0.39, 0.29) is 16.7 Å². The third kappa shape index (κ3) is 3.09. The molecular weight excluding hydrogens is 328 g/mol. The number of furan rings is 1. The molecule has 128 valence electrons. The maximum atomic E-state index is 12.8. The highest BCUT2D eigenvalue weighted by Gasteiger charge is 2.30. The molecule has 24 heavy (non-hydrogen) atoms. The van der Waals surface area contributed by atoms with Crippen molar-refractivity contribution in [3.8, 4) is 11.3 Å². The van der Waals surface area contributed by atoms with Crippen LogP contribution in [-0.4, -0.2) is 31.2 Å². The molecular formula is C17H20N2O4S. The van der Waals surface area contributed by atoms with Crippen LogP contribution < -0.4 is 5.73 Å². The Kier molecular flexibility index (Phi) is 4.47. The molecule has 0 unspecified atom stereocenters. The van der Waals surface area contributed by atoms with Crippen molar-refractivity contribution in [2.24, 2.45) is 5.73 Å². The SMILES string of the molecule is C[C@@H]1CCCCN1S(=O)(=O)c1ccc(-c2ccc(C(N)=O)o2)cc1. The molecule has 1 aliphatic rings. The van der Waals surface area contributed by atoms with Crippen LogP contribution in [0.15, 0.2) is 45.7 Å². The fraction of sp³-hybridized carbons (Fsp3) is 0.353. The van der Waals surface area contributed by atoms with Gasteiger partial charge < -0.3 is 10.2 Å². The van der Waals surface area contributed by atoms with Gasteiger partial charge in [0.25, 0.3) is 5.91 Å². The van der Waals surface area contributed by atoms with E-state index in [2.05, 4.69) is 0 Å². The van der Waals surface area contributed by atoms with Crippen molar-refractivity contribution in [1.82, 2.24) is 4.31 Å². The fourth-order valence-corrected chi connectivity index (χ4v) is 4.68. The van der Waals surface area contributed by atoms with Crippen LogP contribution >= 0.6 is 0 Å². The lowest BCUT2D eigenvalue weighted by atomic mass is 10.1. The molecule has 2 aromatic rings. The summed E-state index contributed by atoms with van der Waals surface area (Å²) >= 11 is 0. The van der Waals surface area contributed by atoms with Crippen molar-refractivity contribution >= 4 is 15.9 Å². The van der Waals surface area contributed by atoms with Crippen molar-refractivity contribution in [1.29, 1.82) is 0 Å². The molecule has 0 spiro atoms. The number of nitrogens with two attached hydrogens (primary N) is 1. The third-order valence-corrected chi connectivity index (χ3v) is 6.36. The number of nitrogens with zero attached hydrogens (tertiary/aromatic N) is 1. The molecule has 1 atom stereocenters. The second-order valence-electron chi connectivity index (χ2n) is 6.01. The van der Waals surface area contributed by atoms with Crippen molar-refractivity contribution in [2.45, 2.75) is 37.1 Å². The van der Waals surface area contributed by atoms with Gasteiger partial charge >= 0.3 is 0 Å². The number of rotatable bonds is 4. The van der Waals surface area contributed by atoms with Gasteiger partial charge in [0.05, 0.1) is 4.90 Å². The lowest BCUT2D eigenvalue weighted by Crippen LogP contribution is -2.41. The standard InChI is InChI=1S/C17H20N2O4S/c1-12-4-2-3-11-19(12)24(21,22)14-7-5-13(6-8-14)15-9-10-16(23-15)17(18)20/h5-10,12H,2-4,11H2,1H3,(H2,18,20)/t12-/m1/s1. The average Bonchev–Trinajstić information content (AvgIpc) is 3.05. The minimum atomic E-state index is -3.49. The maximum Gasteiger partial charge on any atom is 0.284 e. The van der Waals surface area contributed by atoms with Gasteiger partial charge in [0, 0.05) is 18.2 Å². The van der Waals surface area contributed by atoms with Gasteiger partial charge in [-0.15, -0.1) is 0 Å². The van der Waals surface area contributed by atoms with E-state index in [9.17, 15) is 13.2 Å². The van der Waals surface area contributed by atoms with E-state index in [1.807, 2.05) is 6.92 Å². The van der Waals surface area contributed by atoms with E-state index in [1.54, 1.807) is 34.6 Å². The summed E-state index contributed by atoms with van der Waals surface area (Å²) in [5, 5.41) is 0. The number of hydrogen-bond donors (Lipinski definition) is 1. The summed E-state index contributed by atoms with van der Waals surface area (Å²) in [6, 6.07) is 9.63. The first-order valence-corrected chi connectivity index (χ1v) is 9.35. The molecule has 1 aromatic carbocycles. The van der Waals surface area contributed by atoms with Gasteiger partial charge in [-0.25, -0.2) is 8.42 Å². The Hall–Kier alpha value is -2.12. The Morgan fingerprint density at radius 1 is 1.17 bits per heavy atom. The largest absolute Gasteiger partial charge is 0.451 e. The highest BCUT2D eigenvalue weighted by Crippen LogP contribution is 2.28. The van der Waals surface area contributed by atoms with Crippen LogP contribution in [0.5, 0.6) is 0 Å². The van der Waals surface area contributed by atoms with Gasteiger partial charge in [0.15, 0.2) is 5.76 Å². The summed E-state index contributed by atoms with van der Waals surface area (Å²) in [6.45, 7) is 2.50. The molecule has 2 heterocycles. The maximum absolute atomic E-state index is 12.8. The second kappa shape index (κ2) is 6.41. The Morgan fingerprint density at radius 2 is 1.88 bits per heavy atom. The number of benzene rings is 1. The monoisotopic (exact) mass is 348 g/mol. The van der Waals surface area contributed by atoms with Crippen LogP contribution in [0, 0.1) is 0 Å². The number of amides is 1. The molecule has 0 radical (unpaired) electrons. The van der Waals surface area contributed by atoms with E-state index in [0.29, 0.717) is 17.9 Å². The average molecular weight is 348 g/mol. The van der Waals surface area contributed by atoms with Crippen LogP contribution in [0.1, 0.15) is 36.7 Å². The summed E-state index contributed by atoms with van der Waals surface area (Å²) in [5.74, 6) is -0.0949. The van der Waals surface area contributed by atoms with Crippen LogP contribution in [0.3, 0.4) is 0 Å². The molecule has 1 aliphatic heterocycles. The highest BCUT2D eigenvalue weighted by atomic mass is 32.2. The molecule has 1 aromatic heterocycles. The minimum Gasteiger partial charge on any atom is -0.451 e. The summed E-state index contributed by atoms with van der Waals surface area (Å²) in [4.78, 5) is 11.3. The lowest BCUT2D eigenvalue weighted by molar-refractivity contribution is 0.0974. The first-order chi connectivity index (χ1) is 11.4. The fourth-order valence-electron chi connectivity index (χ4n) is 2.98. The molecule has 1 amide bonds. The van der Waals surface area contributed by atoms with Crippen LogP contribution in [0.2, 0.25) is 0 Å². The minimum absolute atomic E-state index is 0.0200. The smallest absolute Gasteiger partial charge is 0.284 e. The molecule has 6 nitrogen and oxygen atoms in total. The van der Waals surface area contributed by atoms with Gasteiger partial charge in [-0.3, -0.25) is 4.79 Å². The molecule has 1 saturated heterocycles. The van der Waals surface area contributed by atoms with E-state index in [1.165, 1.54) is 6.07 Å². The number of carbonyl (C=O) groups excluding carboxylic acids is 1. The number of piperidine rings is 1. The molecule has 0 bridgehead atoms. The zero-order valence-electron chi connectivity index (χ0n) is 13.4. The zero-order chi connectivity index (χ0) is 17.3. The third-order valence-electron chi connectivity index (χ3n) is 4.34. The highest BCUT2D eigenvalue weighted by molar-refractivity contribution is 7.89. The Balaban J connectivity index is 1.86. The first kappa shape index (κ1) is 16.7. The first-order valence-electron chi connectivity index (χ1n) is 7.91. The van der Waals surface area contributed by atoms with Crippen molar-refractivity contribution in [3.63, 3.8) is 0 Å². The number of primary amides is 1. The van der Waals surface area contributed by atoms with Crippen LogP contribution in [-0.2, 0) is 10.0 Å². The number of carbonyl (C=O) groups is 1. The Bertz CT molecular complexity index is 840. The summed E-state index contributed by atoms with van der Waals surface area (Å²) in [6.07, 6.45) is 2.84. The van der Waals surface area contributed by atoms with E-state index < -0.39 is 15.9 Å². The molecule has 0 saturated carbocycles. The van der Waals surface area contributed by atoms with Crippen LogP contribution in [0.25, 0.3) is 11.3 Å². The Labute approximate surface area is 141 Å². The lowest BCUT2D eigenvalue weighted by Gasteiger charge is -2.32. The van der Waals surface area contributed by atoms with Gasteiger partial charge in [-0.1, -0.05) is 6.42 Å². The predicted molar refractivity (Wildman–Crippen MR) is 89.9 cm³/mol. The van der Waals surface area contributed by atoms with Gasteiger partial charge in [0.2, 0.25) is 10.0 Å². The predicted octanol–water partition coefficient (Wildman–Crippen LogP) is 2.61. The van der Waals surface area contributed by atoms with Gasteiger partial charge in [-0.05, 0) is 56.2 Å². The van der Waals surface area contributed by atoms with Crippen molar-refractivity contribution in [2.75, 3.05) is 6.54 Å². The van der Waals surface area contributed by atoms with Crippen molar-refractivity contribution < 1.29 is 17.6 Å². The normalized spacial score (nSPS) is 19.3. The van der Waals surface area contributed by atoms with Gasteiger partial charge in [-0.2, -0.15) is 4.31 Å². The molecule has 7 heteroatoms. The summed E-state index contributed by atoms with van der Waals surface area (Å²) < 4.78 is 32.5. The topological polar surface area (TPSA) is 93.6 Å². The molecule has 3 rings (SSSR count). The molecule has 0 aliphatic carbocycles. The number of hydrogen-bond acceptors (Lipinski definition) is 4. The summed E-state index contributed by atoms with van der Waals surface area (Å²) in [7, 11) is -3.49. The quantitative estimate of drug-likeness (QED) is 0.919. The van der Waals surface area contributed by atoms with E-state index >= 15 is 0 Å². The zero-order valence-corrected chi connectivity index (χ0v) is 14.3. The number of sulfonamides is 1. The van der Waals surface area contributed by atoms with Crippen molar-refractivity contribution in [3.05, 3.63) is 42.2 Å². The van der Waals surface area contributed by atoms with E-state index in [4.69, 9.17) is 10.2 Å². The van der Waals surface area contributed by atoms with Gasteiger partial charge in [0.1, 0.15) is 5.76 Å². The second-order valence-corrected chi connectivity index (χ2v) is 7.90. The van der Waals surface area contributed by atoms with Crippen LogP contribution in [0.4, 0.5) is 0 Å².